The zero-order valence-electron chi connectivity index (χ0n) is 10.9. The Bertz CT molecular complexity index is 244. The number of nitrogens with one attached hydrogen (secondary N) is 1. The SMILES string of the molecule is FC(F)(F)C1CCCCC1NC1CCCCCC1. The van der Waals surface area contributed by atoms with E-state index in [2.05, 4.69) is 5.32 Å². The molecule has 106 valence electrons. The number of hydrogen-bond acceptors (Lipinski definition) is 1. The molecule has 0 spiro atoms. The normalized spacial score (nSPS) is 32.2. The third kappa shape index (κ3) is 3.87. The summed E-state index contributed by atoms with van der Waals surface area (Å²) in [7, 11) is 0. The van der Waals surface area contributed by atoms with E-state index in [1.54, 1.807) is 0 Å². The van der Waals surface area contributed by atoms with Crippen LogP contribution >= 0.6 is 0 Å². The minimum Gasteiger partial charge on any atom is -0.311 e. The molecule has 0 aliphatic heterocycles. The maximum atomic E-state index is 13.0. The molecule has 1 nitrogen and oxygen atoms in total. The molecule has 1 N–H and O–H groups in total. The summed E-state index contributed by atoms with van der Waals surface area (Å²) >= 11 is 0. The lowest BCUT2D eigenvalue weighted by atomic mass is 9.83. The lowest BCUT2D eigenvalue weighted by Crippen LogP contribution is -2.49. The molecule has 0 amide bonds. The summed E-state index contributed by atoms with van der Waals surface area (Å²) in [4.78, 5) is 0. The molecule has 0 radical (unpaired) electrons. The number of alkyl halides is 3. The molecular weight excluding hydrogens is 239 g/mol. The van der Waals surface area contributed by atoms with Gasteiger partial charge < -0.3 is 5.32 Å². The van der Waals surface area contributed by atoms with Crippen LogP contribution in [-0.4, -0.2) is 18.3 Å². The van der Waals surface area contributed by atoms with E-state index in [1.807, 2.05) is 0 Å². The van der Waals surface area contributed by atoms with Crippen molar-refractivity contribution in [1.29, 1.82) is 0 Å². The average Bonchev–Trinajstić information content (AvgIpc) is 2.57. The molecule has 0 aromatic carbocycles. The molecule has 2 atom stereocenters. The van der Waals surface area contributed by atoms with E-state index in [4.69, 9.17) is 0 Å². The van der Waals surface area contributed by atoms with Crippen molar-refractivity contribution in [2.45, 2.75) is 82.5 Å². The first-order chi connectivity index (χ1) is 8.57. The van der Waals surface area contributed by atoms with Gasteiger partial charge in [-0.05, 0) is 25.7 Å². The summed E-state index contributed by atoms with van der Waals surface area (Å²) in [6, 6.07) is -0.0118. The van der Waals surface area contributed by atoms with Crippen LogP contribution in [0.5, 0.6) is 0 Å². The van der Waals surface area contributed by atoms with Gasteiger partial charge in [-0.1, -0.05) is 38.5 Å². The first kappa shape index (κ1) is 14.2. The smallest absolute Gasteiger partial charge is 0.311 e. The molecule has 4 heteroatoms. The largest absolute Gasteiger partial charge is 0.393 e. The number of halogens is 3. The molecule has 0 bridgehead atoms. The van der Waals surface area contributed by atoms with Crippen molar-refractivity contribution in [2.75, 3.05) is 0 Å². The zero-order valence-corrected chi connectivity index (χ0v) is 10.9. The van der Waals surface area contributed by atoms with Crippen LogP contribution < -0.4 is 5.32 Å². The van der Waals surface area contributed by atoms with Gasteiger partial charge in [0.1, 0.15) is 0 Å². The van der Waals surface area contributed by atoms with Gasteiger partial charge in [0.2, 0.25) is 0 Å². The van der Waals surface area contributed by atoms with Gasteiger partial charge in [-0.2, -0.15) is 13.2 Å². The highest BCUT2D eigenvalue weighted by Crippen LogP contribution is 2.38. The second-order valence-corrected chi connectivity index (χ2v) is 5.89. The monoisotopic (exact) mass is 263 g/mol. The van der Waals surface area contributed by atoms with Gasteiger partial charge in [-0.25, -0.2) is 0 Å². The van der Waals surface area contributed by atoms with Crippen molar-refractivity contribution in [2.24, 2.45) is 5.92 Å². The third-order valence-electron chi connectivity index (χ3n) is 4.49. The van der Waals surface area contributed by atoms with Crippen molar-refractivity contribution >= 4 is 0 Å². The highest BCUT2D eigenvalue weighted by atomic mass is 19.4. The summed E-state index contributed by atoms with van der Waals surface area (Å²) in [5.41, 5.74) is 0. The Kier molecular flexibility index (Phi) is 4.93. The molecule has 18 heavy (non-hydrogen) atoms. The van der Waals surface area contributed by atoms with Gasteiger partial charge in [0.05, 0.1) is 5.92 Å². The molecule has 2 aliphatic carbocycles. The average molecular weight is 263 g/mol. The maximum Gasteiger partial charge on any atom is 0.393 e. The molecule has 0 heterocycles. The molecule has 2 aliphatic rings. The summed E-state index contributed by atoms with van der Waals surface area (Å²) in [5, 5.41) is 3.33. The summed E-state index contributed by atoms with van der Waals surface area (Å²) in [6.45, 7) is 0. The first-order valence-corrected chi connectivity index (χ1v) is 7.40. The van der Waals surface area contributed by atoms with E-state index < -0.39 is 12.1 Å². The molecule has 0 saturated heterocycles. The Balaban J connectivity index is 1.92. The van der Waals surface area contributed by atoms with E-state index >= 15 is 0 Å². The summed E-state index contributed by atoms with van der Waals surface area (Å²) in [6.07, 6.45) is 5.59. The number of hydrogen-bond donors (Lipinski definition) is 1. The van der Waals surface area contributed by atoms with Crippen LogP contribution in [0.1, 0.15) is 64.2 Å². The third-order valence-corrected chi connectivity index (χ3v) is 4.49. The fraction of sp³-hybridized carbons (Fsp3) is 1.00. The Hall–Kier alpha value is -0.250. The predicted octanol–water partition coefficient (Wildman–Crippen LogP) is 4.42. The Labute approximate surface area is 108 Å². The topological polar surface area (TPSA) is 12.0 Å². The van der Waals surface area contributed by atoms with Gasteiger partial charge in [0.25, 0.3) is 0 Å². The van der Waals surface area contributed by atoms with E-state index in [9.17, 15) is 13.2 Å². The van der Waals surface area contributed by atoms with Crippen molar-refractivity contribution in [1.82, 2.24) is 5.32 Å². The minimum absolute atomic E-state index is 0.313. The van der Waals surface area contributed by atoms with Gasteiger partial charge in [0.15, 0.2) is 0 Å². The van der Waals surface area contributed by atoms with Crippen LogP contribution in [0.25, 0.3) is 0 Å². The van der Waals surface area contributed by atoms with Crippen molar-refractivity contribution in [3.05, 3.63) is 0 Å². The van der Waals surface area contributed by atoms with Crippen molar-refractivity contribution in [3.63, 3.8) is 0 Å². The summed E-state index contributed by atoms with van der Waals surface area (Å²) in [5.74, 6) is -1.12. The van der Waals surface area contributed by atoms with E-state index in [0.717, 1.165) is 25.7 Å². The highest BCUT2D eigenvalue weighted by Gasteiger charge is 2.45. The van der Waals surface area contributed by atoms with E-state index in [-0.39, 0.29) is 6.04 Å². The van der Waals surface area contributed by atoms with Gasteiger partial charge in [0, 0.05) is 12.1 Å². The number of rotatable bonds is 2. The Morgan fingerprint density at radius 1 is 0.722 bits per heavy atom. The highest BCUT2D eigenvalue weighted by molar-refractivity contribution is 4.88. The van der Waals surface area contributed by atoms with E-state index in [0.29, 0.717) is 18.9 Å². The Morgan fingerprint density at radius 2 is 1.28 bits per heavy atom. The predicted molar refractivity (Wildman–Crippen MR) is 66.4 cm³/mol. The van der Waals surface area contributed by atoms with Crippen molar-refractivity contribution < 1.29 is 13.2 Å². The second-order valence-electron chi connectivity index (χ2n) is 5.89. The van der Waals surface area contributed by atoms with Crippen LogP contribution in [0.15, 0.2) is 0 Å². The van der Waals surface area contributed by atoms with Crippen LogP contribution in [-0.2, 0) is 0 Å². The fourth-order valence-electron chi connectivity index (χ4n) is 3.47. The maximum absolute atomic E-state index is 13.0. The molecule has 2 unspecified atom stereocenters. The quantitative estimate of drug-likeness (QED) is 0.727. The standard InChI is InChI=1S/C14H24F3N/c15-14(16,17)12-9-5-6-10-13(12)18-11-7-3-1-2-4-8-11/h11-13,18H,1-10H2. The minimum atomic E-state index is -4.02. The lowest BCUT2D eigenvalue weighted by Gasteiger charge is -2.36. The zero-order chi connectivity index (χ0) is 13.0. The molecular formula is C14H24F3N. The van der Waals surface area contributed by atoms with Gasteiger partial charge in [-0.15, -0.1) is 0 Å². The second kappa shape index (κ2) is 6.27. The van der Waals surface area contributed by atoms with Crippen LogP contribution in [0, 0.1) is 5.92 Å². The van der Waals surface area contributed by atoms with Crippen LogP contribution in [0.4, 0.5) is 13.2 Å². The van der Waals surface area contributed by atoms with Crippen molar-refractivity contribution in [3.8, 4) is 0 Å². The van der Waals surface area contributed by atoms with Gasteiger partial charge >= 0.3 is 6.18 Å². The molecule has 2 rings (SSSR count). The van der Waals surface area contributed by atoms with Gasteiger partial charge in [-0.3, -0.25) is 0 Å². The molecule has 2 fully saturated rings. The first-order valence-electron chi connectivity index (χ1n) is 7.40. The Morgan fingerprint density at radius 3 is 1.89 bits per heavy atom. The lowest BCUT2D eigenvalue weighted by molar-refractivity contribution is -0.189. The molecule has 0 aromatic rings. The van der Waals surface area contributed by atoms with Crippen LogP contribution in [0.2, 0.25) is 0 Å². The van der Waals surface area contributed by atoms with Crippen LogP contribution in [0.3, 0.4) is 0 Å². The summed E-state index contributed by atoms with van der Waals surface area (Å²) < 4.78 is 39.0. The molecule has 2 saturated carbocycles. The molecule has 0 aromatic heterocycles. The fourth-order valence-corrected chi connectivity index (χ4v) is 3.47. The van der Waals surface area contributed by atoms with E-state index in [1.165, 1.54) is 25.7 Å².